The van der Waals surface area contributed by atoms with Gasteiger partial charge in [0.05, 0.1) is 5.41 Å². The van der Waals surface area contributed by atoms with Gasteiger partial charge in [-0.15, -0.1) is 0 Å². The molecule has 1 aromatic rings. The van der Waals surface area contributed by atoms with Crippen molar-refractivity contribution in [3.63, 3.8) is 0 Å². The fraction of sp³-hybridized carbons (Fsp3) is 0.500. The van der Waals surface area contributed by atoms with Crippen LogP contribution in [-0.4, -0.2) is 16.8 Å². The third-order valence-corrected chi connectivity index (χ3v) is 4.83. The highest BCUT2D eigenvalue weighted by atomic mass is 79.9. The van der Waals surface area contributed by atoms with Gasteiger partial charge in [0, 0.05) is 17.1 Å². The van der Waals surface area contributed by atoms with Crippen molar-refractivity contribution >= 4 is 33.6 Å². The number of pyridine rings is 1. The number of imide groups is 1. The monoisotopic (exact) mass is 324 g/mol. The molecule has 0 aliphatic carbocycles. The summed E-state index contributed by atoms with van der Waals surface area (Å²) in [5.41, 5.74) is 0.323. The van der Waals surface area contributed by atoms with Crippen molar-refractivity contribution in [3.05, 3.63) is 22.3 Å². The van der Waals surface area contributed by atoms with Crippen LogP contribution in [0.15, 0.2) is 16.7 Å². The van der Waals surface area contributed by atoms with Crippen LogP contribution in [0, 0.1) is 18.3 Å². The molecule has 102 valence electrons. The van der Waals surface area contributed by atoms with Crippen LogP contribution in [0.1, 0.15) is 32.8 Å². The standard InChI is InChI=1S/C14H17BrN2O2/c1-8(2)14(4)6-12(18)17(13(14)19)11-5-9(3)10(15)7-16-11/h5,7-8H,6H2,1-4H3. The zero-order valence-corrected chi connectivity index (χ0v) is 13.1. The molecule has 2 heterocycles. The Labute approximate surface area is 121 Å². The van der Waals surface area contributed by atoms with Gasteiger partial charge in [0.1, 0.15) is 5.82 Å². The zero-order chi connectivity index (χ0) is 14.4. The Bertz CT molecular complexity index is 556. The minimum absolute atomic E-state index is 0.116. The quantitative estimate of drug-likeness (QED) is 0.785. The lowest BCUT2D eigenvalue weighted by Gasteiger charge is -2.25. The number of hydrogen-bond donors (Lipinski definition) is 0. The number of carbonyl (C=O) groups is 2. The largest absolute Gasteiger partial charge is 0.274 e. The van der Waals surface area contributed by atoms with E-state index in [9.17, 15) is 9.59 Å². The Balaban J connectivity index is 2.43. The fourth-order valence-electron chi connectivity index (χ4n) is 2.17. The van der Waals surface area contributed by atoms with Crippen LogP contribution < -0.4 is 4.90 Å². The van der Waals surface area contributed by atoms with Crippen LogP contribution in [0.2, 0.25) is 0 Å². The second kappa shape index (κ2) is 4.71. The predicted octanol–water partition coefficient (Wildman–Crippen LogP) is 3.08. The van der Waals surface area contributed by atoms with Gasteiger partial charge in [-0.1, -0.05) is 13.8 Å². The maximum absolute atomic E-state index is 12.5. The SMILES string of the molecule is Cc1cc(N2C(=O)CC(C)(C(C)C)C2=O)ncc1Br. The molecule has 0 saturated carbocycles. The number of aromatic nitrogens is 1. The molecule has 5 heteroatoms. The molecular formula is C14H17BrN2O2. The number of nitrogens with zero attached hydrogens (tertiary/aromatic N) is 2. The lowest BCUT2D eigenvalue weighted by molar-refractivity contribution is -0.126. The Morgan fingerprint density at radius 3 is 2.53 bits per heavy atom. The van der Waals surface area contributed by atoms with Crippen molar-refractivity contribution in [1.29, 1.82) is 0 Å². The molecule has 2 rings (SSSR count). The second-order valence-corrected chi connectivity index (χ2v) is 6.43. The van der Waals surface area contributed by atoms with E-state index in [-0.39, 0.29) is 24.2 Å². The molecule has 1 aromatic heterocycles. The normalized spacial score (nSPS) is 23.6. The number of anilines is 1. The smallest absolute Gasteiger partial charge is 0.241 e. The molecule has 1 aliphatic heterocycles. The molecule has 4 nitrogen and oxygen atoms in total. The summed E-state index contributed by atoms with van der Waals surface area (Å²) in [6.45, 7) is 7.69. The molecule has 1 aliphatic rings. The Hall–Kier alpha value is -1.23. The van der Waals surface area contributed by atoms with E-state index >= 15 is 0 Å². The summed E-state index contributed by atoms with van der Waals surface area (Å²) in [4.78, 5) is 30.1. The molecule has 1 atom stereocenters. The van der Waals surface area contributed by atoms with E-state index < -0.39 is 5.41 Å². The van der Waals surface area contributed by atoms with Gasteiger partial charge in [-0.3, -0.25) is 9.59 Å². The van der Waals surface area contributed by atoms with Crippen LogP contribution in [0.5, 0.6) is 0 Å². The second-order valence-electron chi connectivity index (χ2n) is 5.57. The number of aryl methyl sites for hydroxylation is 1. The van der Waals surface area contributed by atoms with Crippen molar-refractivity contribution in [2.75, 3.05) is 4.90 Å². The first-order valence-electron chi connectivity index (χ1n) is 6.27. The number of rotatable bonds is 2. The highest BCUT2D eigenvalue weighted by molar-refractivity contribution is 9.10. The predicted molar refractivity (Wildman–Crippen MR) is 76.7 cm³/mol. The van der Waals surface area contributed by atoms with Gasteiger partial charge in [0.15, 0.2) is 0 Å². The van der Waals surface area contributed by atoms with Crippen LogP contribution >= 0.6 is 15.9 Å². The van der Waals surface area contributed by atoms with Gasteiger partial charge in [-0.2, -0.15) is 0 Å². The first kappa shape index (κ1) is 14.2. The van der Waals surface area contributed by atoms with Crippen molar-refractivity contribution in [2.24, 2.45) is 11.3 Å². The molecule has 1 saturated heterocycles. The van der Waals surface area contributed by atoms with Gasteiger partial charge in [-0.05, 0) is 47.3 Å². The molecule has 2 amide bonds. The van der Waals surface area contributed by atoms with Gasteiger partial charge in [0.25, 0.3) is 0 Å². The summed E-state index contributed by atoms with van der Waals surface area (Å²) in [6, 6.07) is 1.76. The minimum Gasteiger partial charge on any atom is -0.274 e. The van der Waals surface area contributed by atoms with Gasteiger partial charge < -0.3 is 0 Å². The highest BCUT2D eigenvalue weighted by Gasteiger charge is 2.51. The third kappa shape index (κ3) is 2.20. The lowest BCUT2D eigenvalue weighted by atomic mass is 9.78. The van der Waals surface area contributed by atoms with Crippen LogP contribution in [-0.2, 0) is 9.59 Å². The van der Waals surface area contributed by atoms with Gasteiger partial charge >= 0.3 is 0 Å². The number of carbonyl (C=O) groups excluding carboxylic acids is 2. The Kier molecular flexibility index (Phi) is 3.51. The number of hydrogen-bond acceptors (Lipinski definition) is 3. The summed E-state index contributed by atoms with van der Waals surface area (Å²) < 4.78 is 0.863. The molecule has 0 aromatic carbocycles. The third-order valence-electron chi connectivity index (χ3n) is 4.00. The fourth-order valence-corrected chi connectivity index (χ4v) is 2.38. The van der Waals surface area contributed by atoms with Gasteiger partial charge in [0.2, 0.25) is 11.8 Å². The summed E-state index contributed by atoms with van der Waals surface area (Å²) in [6.07, 6.45) is 1.87. The first-order valence-corrected chi connectivity index (χ1v) is 7.06. The van der Waals surface area contributed by atoms with Crippen molar-refractivity contribution < 1.29 is 9.59 Å². The van der Waals surface area contributed by atoms with Crippen molar-refractivity contribution in [3.8, 4) is 0 Å². The average Bonchev–Trinajstić information content (AvgIpc) is 2.55. The minimum atomic E-state index is -0.625. The zero-order valence-electron chi connectivity index (χ0n) is 11.5. The molecule has 0 radical (unpaired) electrons. The van der Waals surface area contributed by atoms with Gasteiger partial charge in [-0.25, -0.2) is 9.88 Å². The van der Waals surface area contributed by atoms with Crippen molar-refractivity contribution in [2.45, 2.75) is 34.1 Å². The molecule has 0 spiro atoms. The molecular weight excluding hydrogens is 308 g/mol. The summed E-state index contributed by atoms with van der Waals surface area (Å²) >= 11 is 3.36. The maximum atomic E-state index is 12.5. The molecule has 1 fully saturated rings. The molecule has 0 bridgehead atoms. The van der Waals surface area contributed by atoms with Crippen molar-refractivity contribution in [1.82, 2.24) is 4.98 Å². The highest BCUT2D eigenvalue weighted by Crippen LogP contribution is 2.41. The topological polar surface area (TPSA) is 50.3 Å². The number of amides is 2. The van der Waals surface area contributed by atoms with E-state index in [4.69, 9.17) is 0 Å². The van der Waals surface area contributed by atoms with Crippen LogP contribution in [0.4, 0.5) is 5.82 Å². The van der Waals surface area contributed by atoms with E-state index in [0.717, 1.165) is 10.0 Å². The molecule has 0 N–H and O–H groups in total. The Morgan fingerprint density at radius 2 is 2.05 bits per heavy atom. The van der Waals surface area contributed by atoms with Crippen LogP contribution in [0.3, 0.4) is 0 Å². The van der Waals surface area contributed by atoms with E-state index in [0.29, 0.717) is 5.82 Å². The van der Waals surface area contributed by atoms with E-state index in [1.54, 1.807) is 12.3 Å². The van der Waals surface area contributed by atoms with Crippen LogP contribution in [0.25, 0.3) is 0 Å². The summed E-state index contributed by atoms with van der Waals surface area (Å²) in [5.74, 6) is 0.211. The summed E-state index contributed by atoms with van der Waals surface area (Å²) in [5, 5.41) is 0. The summed E-state index contributed by atoms with van der Waals surface area (Å²) in [7, 11) is 0. The lowest BCUT2D eigenvalue weighted by Crippen LogP contribution is -2.37. The molecule has 19 heavy (non-hydrogen) atoms. The molecule has 1 unspecified atom stereocenters. The van der Waals surface area contributed by atoms with E-state index in [1.165, 1.54) is 4.90 Å². The Morgan fingerprint density at radius 1 is 1.42 bits per heavy atom. The van der Waals surface area contributed by atoms with E-state index in [2.05, 4.69) is 20.9 Å². The number of halogens is 1. The van der Waals surface area contributed by atoms with E-state index in [1.807, 2.05) is 27.7 Å². The average molecular weight is 325 g/mol. The first-order chi connectivity index (χ1) is 8.77. The maximum Gasteiger partial charge on any atom is 0.241 e.